The van der Waals surface area contributed by atoms with Gasteiger partial charge in [0.05, 0.1) is 17.6 Å². The standard InChI is InChI=1S/C20H23N3S/c1-15(2)10-12-23-19(17-8-6-16(3)7-9-17)14-24-20(23)22-18-5-4-11-21-13-18/h4-9,11,13-15H,10,12H2,1-3H3. The van der Waals surface area contributed by atoms with Crippen LogP contribution in [0.4, 0.5) is 5.69 Å². The van der Waals surface area contributed by atoms with Gasteiger partial charge in [-0.1, -0.05) is 43.7 Å². The number of nitrogens with zero attached hydrogens (tertiary/aromatic N) is 3. The summed E-state index contributed by atoms with van der Waals surface area (Å²) in [6.45, 7) is 7.61. The third kappa shape index (κ3) is 4.01. The number of hydrogen-bond donors (Lipinski definition) is 0. The molecule has 0 spiro atoms. The molecule has 0 atom stereocenters. The Morgan fingerprint density at radius 2 is 1.96 bits per heavy atom. The number of aryl methyl sites for hydroxylation is 1. The fourth-order valence-electron chi connectivity index (χ4n) is 2.51. The molecule has 24 heavy (non-hydrogen) atoms. The van der Waals surface area contributed by atoms with Crippen LogP contribution in [0.5, 0.6) is 0 Å². The van der Waals surface area contributed by atoms with Crippen molar-refractivity contribution in [3.8, 4) is 11.3 Å². The molecule has 0 aliphatic heterocycles. The molecule has 4 heteroatoms. The highest BCUT2D eigenvalue weighted by Gasteiger charge is 2.09. The van der Waals surface area contributed by atoms with Crippen LogP contribution in [0.3, 0.4) is 0 Å². The van der Waals surface area contributed by atoms with E-state index in [0.717, 1.165) is 23.5 Å². The van der Waals surface area contributed by atoms with Gasteiger partial charge in [0.15, 0.2) is 4.80 Å². The summed E-state index contributed by atoms with van der Waals surface area (Å²) < 4.78 is 2.34. The van der Waals surface area contributed by atoms with Gasteiger partial charge in [-0.2, -0.15) is 0 Å². The van der Waals surface area contributed by atoms with Gasteiger partial charge >= 0.3 is 0 Å². The Labute approximate surface area is 147 Å². The summed E-state index contributed by atoms with van der Waals surface area (Å²) in [5.41, 5.74) is 4.66. The van der Waals surface area contributed by atoms with Crippen LogP contribution in [0, 0.1) is 12.8 Å². The van der Waals surface area contributed by atoms with E-state index in [1.807, 2.05) is 12.1 Å². The van der Waals surface area contributed by atoms with Crippen molar-refractivity contribution in [2.24, 2.45) is 10.9 Å². The predicted octanol–water partition coefficient (Wildman–Crippen LogP) is 5.20. The molecule has 3 rings (SSSR count). The maximum atomic E-state index is 4.80. The van der Waals surface area contributed by atoms with Gasteiger partial charge in [0.25, 0.3) is 0 Å². The zero-order chi connectivity index (χ0) is 16.9. The van der Waals surface area contributed by atoms with Crippen molar-refractivity contribution in [2.45, 2.75) is 33.7 Å². The number of rotatable bonds is 5. The van der Waals surface area contributed by atoms with Crippen LogP contribution in [-0.4, -0.2) is 9.55 Å². The van der Waals surface area contributed by atoms with Crippen molar-refractivity contribution in [3.05, 3.63) is 64.5 Å². The minimum atomic E-state index is 0.662. The van der Waals surface area contributed by atoms with Crippen LogP contribution < -0.4 is 4.80 Å². The molecule has 1 aromatic carbocycles. The smallest absolute Gasteiger partial charge is 0.190 e. The zero-order valence-electron chi connectivity index (χ0n) is 14.4. The average Bonchev–Trinajstić information content (AvgIpc) is 2.97. The Hall–Kier alpha value is -2.20. The molecule has 0 N–H and O–H groups in total. The molecule has 2 aromatic heterocycles. The number of aromatic nitrogens is 2. The van der Waals surface area contributed by atoms with Crippen LogP contribution in [0.1, 0.15) is 25.8 Å². The summed E-state index contributed by atoms with van der Waals surface area (Å²) in [4.78, 5) is 9.99. The van der Waals surface area contributed by atoms with Crippen molar-refractivity contribution in [1.29, 1.82) is 0 Å². The minimum Gasteiger partial charge on any atom is -0.316 e. The lowest BCUT2D eigenvalue weighted by atomic mass is 10.1. The Bertz CT molecular complexity index is 843. The monoisotopic (exact) mass is 337 g/mol. The van der Waals surface area contributed by atoms with Crippen molar-refractivity contribution in [2.75, 3.05) is 0 Å². The molecular formula is C20H23N3S. The molecule has 0 aliphatic rings. The third-order valence-corrected chi connectivity index (χ3v) is 4.81. The van der Waals surface area contributed by atoms with E-state index in [2.05, 4.69) is 60.0 Å². The predicted molar refractivity (Wildman–Crippen MR) is 101 cm³/mol. The van der Waals surface area contributed by atoms with Crippen LogP contribution in [0.2, 0.25) is 0 Å². The summed E-state index contributed by atoms with van der Waals surface area (Å²) in [7, 11) is 0. The average molecular weight is 337 g/mol. The van der Waals surface area contributed by atoms with Gasteiger partial charge in [0.1, 0.15) is 0 Å². The molecule has 3 nitrogen and oxygen atoms in total. The quantitative estimate of drug-likeness (QED) is 0.629. The van der Waals surface area contributed by atoms with E-state index in [4.69, 9.17) is 4.99 Å². The molecule has 0 unspecified atom stereocenters. The highest BCUT2D eigenvalue weighted by molar-refractivity contribution is 7.07. The first kappa shape index (κ1) is 16.7. The molecular weight excluding hydrogens is 314 g/mol. The Morgan fingerprint density at radius 1 is 1.17 bits per heavy atom. The topological polar surface area (TPSA) is 30.2 Å². The normalized spacial score (nSPS) is 12.1. The Kier molecular flexibility index (Phi) is 5.26. The first-order valence-corrected chi connectivity index (χ1v) is 9.21. The van der Waals surface area contributed by atoms with Crippen LogP contribution >= 0.6 is 11.3 Å². The second-order valence-electron chi connectivity index (χ2n) is 6.43. The van der Waals surface area contributed by atoms with E-state index in [1.54, 1.807) is 23.7 Å². The Morgan fingerprint density at radius 3 is 2.62 bits per heavy atom. The molecule has 2 heterocycles. The molecule has 3 aromatic rings. The van der Waals surface area contributed by atoms with Crippen molar-refractivity contribution in [1.82, 2.24) is 9.55 Å². The lowest BCUT2D eigenvalue weighted by Gasteiger charge is -2.11. The van der Waals surface area contributed by atoms with Gasteiger partial charge in [0.2, 0.25) is 0 Å². The largest absolute Gasteiger partial charge is 0.316 e. The molecule has 0 saturated carbocycles. The van der Waals surface area contributed by atoms with E-state index in [0.29, 0.717) is 5.92 Å². The summed E-state index contributed by atoms with van der Waals surface area (Å²) in [6.07, 6.45) is 4.71. The lowest BCUT2D eigenvalue weighted by Crippen LogP contribution is -2.17. The molecule has 0 amide bonds. The fourth-order valence-corrected chi connectivity index (χ4v) is 3.46. The molecule has 0 fully saturated rings. The molecule has 0 bridgehead atoms. The maximum Gasteiger partial charge on any atom is 0.190 e. The van der Waals surface area contributed by atoms with Crippen LogP contribution in [0.25, 0.3) is 11.3 Å². The maximum absolute atomic E-state index is 4.80. The van der Waals surface area contributed by atoms with Gasteiger partial charge < -0.3 is 4.57 Å². The van der Waals surface area contributed by atoms with E-state index in [1.165, 1.54) is 16.8 Å². The summed E-state index contributed by atoms with van der Waals surface area (Å²) in [5.74, 6) is 0.662. The zero-order valence-corrected chi connectivity index (χ0v) is 15.3. The second-order valence-corrected chi connectivity index (χ2v) is 7.26. The molecule has 0 radical (unpaired) electrons. The molecule has 0 saturated heterocycles. The van der Waals surface area contributed by atoms with Gasteiger partial charge in [-0.3, -0.25) is 4.98 Å². The number of hydrogen-bond acceptors (Lipinski definition) is 3. The second kappa shape index (κ2) is 7.58. The highest BCUT2D eigenvalue weighted by Crippen LogP contribution is 2.22. The van der Waals surface area contributed by atoms with E-state index in [-0.39, 0.29) is 0 Å². The SMILES string of the molecule is Cc1ccc(-c2csc(=Nc3cccnc3)n2CCC(C)C)cc1. The minimum absolute atomic E-state index is 0.662. The summed E-state index contributed by atoms with van der Waals surface area (Å²) >= 11 is 1.69. The number of benzene rings is 1. The van der Waals surface area contributed by atoms with Crippen LogP contribution in [0.15, 0.2) is 59.2 Å². The molecule has 0 aliphatic carbocycles. The molecule has 124 valence electrons. The summed E-state index contributed by atoms with van der Waals surface area (Å²) in [6, 6.07) is 12.6. The van der Waals surface area contributed by atoms with Gasteiger partial charge in [-0.05, 0) is 37.0 Å². The number of pyridine rings is 1. The van der Waals surface area contributed by atoms with E-state index in [9.17, 15) is 0 Å². The summed E-state index contributed by atoms with van der Waals surface area (Å²) in [5, 5.41) is 2.21. The lowest BCUT2D eigenvalue weighted by molar-refractivity contribution is 0.513. The van der Waals surface area contributed by atoms with Gasteiger partial charge in [-0.25, -0.2) is 4.99 Å². The number of thiazole rings is 1. The van der Waals surface area contributed by atoms with Crippen LogP contribution in [-0.2, 0) is 6.54 Å². The first-order valence-electron chi connectivity index (χ1n) is 8.33. The third-order valence-electron chi connectivity index (χ3n) is 3.95. The van der Waals surface area contributed by atoms with E-state index < -0.39 is 0 Å². The van der Waals surface area contributed by atoms with Gasteiger partial charge in [0, 0.05) is 18.1 Å². The first-order chi connectivity index (χ1) is 11.6. The fraction of sp³-hybridized carbons (Fsp3) is 0.300. The van der Waals surface area contributed by atoms with E-state index >= 15 is 0 Å². The van der Waals surface area contributed by atoms with Gasteiger partial charge in [-0.15, -0.1) is 11.3 Å². The van der Waals surface area contributed by atoms with Crippen molar-refractivity contribution < 1.29 is 0 Å². The van der Waals surface area contributed by atoms with Crippen molar-refractivity contribution in [3.63, 3.8) is 0 Å². The highest BCUT2D eigenvalue weighted by atomic mass is 32.1. The Balaban J connectivity index is 2.06. The van der Waals surface area contributed by atoms with Crippen molar-refractivity contribution >= 4 is 17.0 Å².